The minimum Gasteiger partial charge on any atom is -0.458 e. The van der Waals surface area contributed by atoms with Gasteiger partial charge < -0.3 is 4.74 Å². The van der Waals surface area contributed by atoms with Crippen molar-refractivity contribution in [1.82, 2.24) is 0 Å². The third-order valence-corrected chi connectivity index (χ3v) is 3.58. The Morgan fingerprint density at radius 3 is 2.73 bits per heavy atom. The standard InChI is InChI=1S/C18H22O3S/c1-4-15(19)13-16(21-18(20)12-14(2)3)8-5-6-9-17-10-7-11-22-17/h5,7-8,10-11,14,16H,4,12-13H2,1-3H3. The smallest absolute Gasteiger partial charge is 0.306 e. The molecule has 1 atom stereocenters. The molecule has 0 aliphatic carbocycles. The Labute approximate surface area is 136 Å². The molecular formula is C18H22O3S. The van der Waals surface area contributed by atoms with Crippen LogP contribution in [-0.4, -0.2) is 17.9 Å². The van der Waals surface area contributed by atoms with E-state index < -0.39 is 6.10 Å². The highest BCUT2D eigenvalue weighted by Gasteiger charge is 2.15. The molecule has 0 aromatic carbocycles. The highest BCUT2D eigenvalue weighted by Crippen LogP contribution is 2.09. The van der Waals surface area contributed by atoms with E-state index in [9.17, 15) is 9.59 Å². The fraction of sp³-hybridized carbons (Fsp3) is 0.444. The first kappa shape index (κ1) is 18.2. The average molecular weight is 318 g/mol. The SMILES string of the molecule is CCC(=O)CC(C=CC#Cc1cccs1)OC(=O)CC(C)C. The molecule has 0 aliphatic rings. The lowest BCUT2D eigenvalue weighted by atomic mass is 10.1. The van der Waals surface area contributed by atoms with E-state index >= 15 is 0 Å². The van der Waals surface area contributed by atoms with Gasteiger partial charge in [-0.1, -0.05) is 38.7 Å². The quantitative estimate of drug-likeness (QED) is 0.564. The normalized spacial score (nSPS) is 12.0. The summed E-state index contributed by atoms with van der Waals surface area (Å²) in [6.45, 7) is 5.71. The number of carbonyl (C=O) groups excluding carboxylic acids is 2. The van der Waals surface area contributed by atoms with Gasteiger partial charge in [0.05, 0.1) is 4.88 Å². The summed E-state index contributed by atoms with van der Waals surface area (Å²) in [7, 11) is 0. The second-order valence-electron chi connectivity index (χ2n) is 5.33. The van der Waals surface area contributed by atoms with Crippen LogP contribution in [0.2, 0.25) is 0 Å². The van der Waals surface area contributed by atoms with Crippen molar-refractivity contribution in [2.24, 2.45) is 5.92 Å². The maximum absolute atomic E-state index is 11.8. The van der Waals surface area contributed by atoms with Gasteiger partial charge in [-0.3, -0.25) is 9.59 Å². The molecule has 118 valence electrons. The lowest BCUT2D eigenvalue weighted by molar-refractivity contribution is -0.148. The first-order valence-corrected chi connectivity index (χ1v) is 8.32. The predicted molar refractivity (Wildman–Crippen MR) is 89.6 cm³/mol. The third kappa shape index (κ3) is 7.80. The minimum absolute atomic E-state index is 0.0678. The molecule has 0 spiro atoms. The molecular weight excluding hydrogens is 296 g/mol. The van der Waals surface area contributed by atoms with Crippen LogP contribution < -0.4 is 0 Å². The van der Waals surface area contributed by atoms with Gasteiger partial charge in [0, 0.05) is 19.3 Å². The maximum Gasteiger partial charge on any atom is 0.306 e. The fourth-order valence-electron chi connectivity index (χ4n) is 1.69. The summed E-state index contributed by atoms with van der Waals surface area (Å²) < 4.78 is 5.36. The predicted octanol–water partition coefficient (Wildman–Crippen LogP) is 3.98. The van der Waals surface area contributed by atoms with Crippen LogP contribution in [0.1, 0.15) is 44.9 Å². The number of thiophene rings is 1. The molecule has 0 amide bonds. The van der Waals surface area contributed by atoms with Crippen molar-refractivity contribution in [2.75, 3.05) is 0 Å². The van der Waals surface area contributed by atoms with Gasteiger partial charge in [-0.2, -0.15) is 0 Å². The van der Waals surface area contributed by atoms with Crippen LogP contribution in [-0.2, 0) is 14.3 Å². The van der Waals surface area contributed by atoms with Gasteiger partial charge in [0.15, 0.2) is 0 Å². The Kier molecular flexibility index (Phi) is 8.24. The summed E-state index contributed by atoms with van der Waals surface area (Å²) >= 11 is 1.57. The van der Waals surface area contributed by atoms with Crippen LogP contribution in [0, 0.1) is 17.8 Å². The van der Waals surface area contributed by atoms with Crippen LogP contribution in [0.5, 0.6) is 0 Å². The lowest BCUT2D eigenvalue weighted by Gasteiger charge is -2.14. The van der Waals surface area contributed by atoms with Crippen molar-refractivity contribution in [3.05, 3.63) is 34.5 Å². The van der Waals surface area contributed by atoms with Gasteiger partial charge in [-0.05, 0) is 29.5 Å². The van der Waals surface area contributed by atoms with Gasteiger partial charge >= 0.3 is 5.97 Å². The first-order valence-electron chi connectivity index (χ1n) is 7.44. The number of esters is 1. The molecule has 0 radical (unpaired) electrons. The van der Waals surface area contributed by atoms with Gasteiger partial charge in [0.1, 0.15) is 11.9 Å². The van der Waals surface area contributed by atoms with E-state index in [4.69, 9.17) is 4.74 Å². The highest BCUT2D eigenvalue weighted by atomic mass is 32.1. The van der Waals surface area contributed by atoms with Crippen LogP contribution >= 0.6 is 11.3 Å². The van der Waals surface area contributed by atoms with E-state index in [1.807, 2.05) is 31.4 Å². The van der Waals surface area contributed by atoms with Gasteiger partial charge in [0.2, 0.25) is 0 Å². The number of Topliss-reactive ketones (excluding diaryl/α,β-unsaturated/α-hetero) is 1. The molecule has 22 heavy (non-hydrogen) atoms. The Bertz CT molecular complexity index is 559. The molecule has 0 fully saturated rings. The van der Waals surface area contributed by atoms with Crippen molar-refractivity contribution in [3.63, 3.8) is 0 Å². The Morgan fingerprint density at radius 2 is 2.14 bits per heavy atom. The third-order valence-electron chi connectivity index (χ3n) is 2.79. The Balaban J connectivity index is 2.64. The van der Waals surface area contributed by atoms with Gasteiger partial charge in [-0.25, -0.2) is 0 Å². The number of carbonyl (C=O) groups is 2. The molecule has 1 rings (SSSR count). The maximum atomic E-state index is 11.8. The van der Waals surface area contributed by atoms with Crippen molar-refractivity contribution in [3.8, 4) is 11.8 Å². The average Bonchev–Trinajstić information content (AvgIpc) is 2.95. The first-order chi connectivity index (χ1) is 10.5. The second kappa shape index (κ2) is 9.97. The number of rotatable bonds is 7. The Hall–Kier alpha value is -1.86. The highest BCUT2D eigenvalue weighted by molar-refractivity contribution is 7.10. The molecule has 1 heterocycles. The second-order valence-corrected chi connectivity index (χ2v) is 6.28. The number of ketones is 1. The van der Waals surface area contributed by atoms with E-state index in [2.05, 4.69) is 11.8 Å². The summed E-state index contributed by atoms with van der Waals surface area (Å²) in [5.74, 6) is 5.91. The van der Waals surface area contributed by atoms with Crippen LogP contribution in [0.4, 0.5) is 0 Å². The van der Waals surface area contributed by atoms with E-state index in [1.54, 1.807) is 30.4 Å². The molecule has 0 saturated carbocycles. The number of hydrogen-bond acceptors (Lipinski definition) is 4. The van der Waals surface area contributed by atoms with E-state index in [0.717, 1.165) is 4.88 Å². The number of hydrogen-bond donors (Lipinski definition) is 0. The largest absolute Gasteiger partial charge is 0.458 e. The molecule has 1 unspecified atom stereocenters. The zero-order valence-electron chi connectivity index (χ0n) is 13.3. The van der Waals surface area contributed by atoms with Crippen molar-refractivity contribution >= 4 is 23.1 Å². The molecule has 0 bridgehead atoms. The van der Waals surface area contributed by atoms with E-state index in [-0.39, 0.29) is 24.1 Å². The molecule has 0 aliphatic heterocycles. The topological polar surface area (TPSA) is 43.4 Å². The fourth-order valence-corrected chi connectivity index (χ4v) is 2.26. The molecule has 1 aromatic heterocycles. The zero-order valence-corrected chi connectivity index (χ0v) is 14.1. The van der Waals surface area contributed by atoms with Crippen molar-refractivity contribution < 1.29 is 14.3 Å². The van der Waals surface area contributed by atoms with Crippen molar-refractivity contribution in [2.45, 2.75) is 46.1 Å². The molecule has 3 nitrogen and oxygen atoms in total. The summed E-state index contributed by atoms with van der Waals surface area (Å²) in [5, 5.41) is 1.96. The molecule has 1 aromatic rings. The monoisotopic (exact) mass is 318 g/mol. The van der Waals surface area contributed by atoms with Gasteiger partial charge in [0.25, 0.3) is 0 Å². The number of allylic oxidation sites excluding steroid dienone is 1. The number of ether oxygens (including phenoxy) is 1. The van der Waals surface area contributed by atoms with Crippen LogP contribution in [0.3, 0.4) is 0 Å². The summed E-state index contributed by atoms with van der Waals surface area (Å²) in [6, 6.07) is 3.88. The van der Waals surface area contributed by atoms with Crippen LogP contribution in [0.25, 0.3) is 0 Å². The van der Waals surface area contributed by atoms with Crippen molar-refractivity contribution in [1.29, 1.82) is 0 Å². The van der Waals surface area contributed by atoms with E-state index in [0.29, 0.717) is 12.8 Å². The summed E-state index contributed by atoms with van der Waals surface area (Å²) in [4.78, 5) is 24.3. The zero-order chi connectivity index (χ0) is 16.4. The molecule has 0 N–H and O–H groups in total. The van der Waals surface area contributed by atoms with E-state index in [1.165, 1.54) is 0 Å². The summed E-state index contributed by atoms with van der Waals surface area (Å²) in [6.07, 6.45) is 3.80. The van der Waals surface area contributed by atoms with Gasteiger partial charge in [-0.15, -0.1) is 11.3 Å². The minimum atomic E-state index is -0.531. The van der Waals surface area contributed by atoms with Crippen LogP contribution in [0.15, 0.2) is 29.7 Å². The lowest BCUT2D eigenvalue weighted by Crippen LogP contribution is -2.20. The summed E-state index contributed by atoms with van der Waals surface area (Å²) in [5.41, 5.74) is 0. The Morgan fingerprint density at radius 1 is 1.36 bits per heavy atom. The molecule has 4 heteroatoms. The molecule has 0 saturated heterocycles.